The van der Waals surface area contributed by atoms with Crippen LogP contribution in [-0.2, 0) is 6.42 Å². The average Bonchev–Trinajstić information content (AvgIpc) is 1.98. The zero-order valence-corrected chi connectivity index (χ0v) is 7.36. The smallest absolute Gasteiger partial charge is 0.127 e. The highest BCUT2D eigenvalue weighted by molar-refractivity contribution is 9.10. The van der Waals surface area contributed by atoms with E-state index in [1.807, 2.05) is 0 Å². The highest BCUT2D eigenvalue weighted by Crippen LogP contribution is 2.15. The summed E-state index contributed by atoms with van der Waals surface area (Å²) in [5.74, 6) is 2.15. The highest BCUT2D eigenvalue weighted by atomic mass is 79.9. The fourth-order valence-electron chi connectivity index (χ4n) is 0.789. The van der Waals surface area contributed by atoms with Gasteiger partial charge in [-0.15, -0.1) is 12.3 Å². The predicted octanol–water partition coefficient (Wildman–Crippen LogP) is 2.76. The molecule has 2 heteroatoms. The molecule has 0 nitrogen and oxygen atoms in total. The van der Waals surface area contributed by atoms with Crippen molar-refractivity contribution in [3.05, 3.63) is 34.1 Å². The van der Waals surface area contributed by atoms with Crippen LogP contribution < -0.4 is 0 Å². The Morgan fingerprint density at radius 1 is 1.55 bits per heavy atom. The molecule has 0 radical (unpaired) electrons. The quantitative estimate of drug-likeness (QED) is 0.629. The molecule has 56 valence electrons. The maximum Gasteiger partial charge on any atom is 0.127 e. The third kappa shape index (κ3) is 2.06. The SMILES string of the molecule is C#CCc1cc(Br)ccc1F. The summed E-state index contributed by atoms with van der Waals surface area (Å²) in [6, 6.07) is 4.74. The van der Waals surface area contributed by atoms with Crippen LogP contribution in [0.15, 0.2) is 22.7 Å². The van der Waals surface area contributed by atoms with Crippen LogP contribution in [0, 0.1) is 18.2 Å². The summed E-state index contributed by atoms with van der Waals surface area (Å²) >= 11 is 3.23. The molecule has 0 aliphatic rings. The summed E-state index contributed by atoms with van der Waals surface area (Å²) in [5, 5.41) is 0. The van der Waals surface area contributed by atoms with Gasteiger partial charge in [-0.3, -0.25) is 0 Å². The Morgan fingerprint density at radius 3 is 2.91 bits per heavy atom. The van der Waals surface area contributed by atoms with Gasteiger partial charge < -0.3 is 0 Å². The lowest BCUT2D eigenvalue weighted by molar-refractivity contribution is 0.615. The van der Waals surface area contributed by atoms with Crippen LogP contribution in [-0.4, -0.2) is 0 Å². The van der Waals surface area contributed by atoms with Crippen molar-refractivity contribution in [3.8, 4) is 12.3 Å². The van der Waals surface area contributed by atoms with Gasteiger partial charge in [0.2, 0.25) is 0 Å². The second-order valence-corrected chi connectivity index (χ2v) is 3.03. The lowest BCUT2D eigenvalue weighted by Gasteiger charge is -1.97. The summed E-state index contributed by atoms with van der Waals surface area (Å²) in [4.78, 5) is 0. The van der Waals surface area contributed by atoms with Gasteiger partial charge in [0.1, 0.15) is 5.82 Å². The van der Waals surface area contributed by atoms with Crippen LogP contribution in [0.1, 0.15) is 5.56 Å². The van der Waals surface area contributed by atoms with Crippen molar-refractivity contribution in [3.63, 3.8) is 0 Å². The predicted molar refractivity (Wildman–Crippen MR) is 46.6 cm³/mol. The number of benzene rings is 1. The Balaban J connectivity index is 3.05. The van der Waals surface area contributed by atoms with Crippen LogP contribution in [0.5, 0.6) is 0 Å². The minimum Gasteiger partial charge on any atom is -0.207 e. The van der Waals surface area contributed by atoms with Gasteiger partial charge in [-0.1, -0.05) is 15.9 Å². The number of hydrogen-bond acceptors (Lipinski definition) is 0. The summed E-state index contributed by atoms with van der Waals surface area (Å²) in [5.41, 5.74) is 0.557. The largest absolute Gasteiger partial charge is 0.207 e. The first kappa shape index (κ1) is 8.29. The molecule has 0 unspecified atom stereocenters. The van der Waals surface area contributed by atoms with Crippen LogP contribution in [0.4, 0.5) is 4.39 Å². The Kier molecular flexibility index (Phi) is 2.67. The van der Waals surface area contributed by atoms with E-state index in [2.05, 4.69) is 21.9 Å². The molecule has 0 aliphatic heterocycles. The topological polar surface area (TPSA) is 0 Å². The third-order valence-electron chi connectivity index (χ3n) is 1.30. The third-order valence-corrected chi connectivity index (χ3v) is 1.79. The molecule has 0 atom stereocenters. The number of terminal acetylenes is 1. The van der Waals surface area contributed by atoms with Crippen LogP contribution >= 0.6 is 15.9 Å². The first-order valence-corrected chi connectivity index (χ1v) is 3.90. The highest BCUT2D eigenvalue weighted by Gasteiger charge is 1.99. The molecule has 1 aromatic rings. The molecule has 0 fully saturated rings. The summed E-state index contributed by atoms with van der Waals surface area (Å²) < 4.78 is 13.7. The number of halogens is 2. The van der Waals surface area contributed by atoms with Gasteiger partial charge in [-0.05, 0) is 18.2 Å². The Hall–Kier alpha value is -0.810. The summed E-state index contributed by atoms with van der Waals surface area (Å²) in [6.07, 6.45) is 5.39. The molecule has 0 saturated heterocycles. The molecule has 0 N–H and O–H groups in total. The van der Waals surface area contributed by atoms with E-state index in [-0.39, 0.29) is 5.82 Å². The van der Waals surface area contributed by atoms with E-state index in [1.165, 1.54) is 6.07 Å². The standard InChI is InChI=1S/C9H6BrF/c1-2-3-7-6-8(10)4-5-9(7)11/h1,4-6H,3H2. The fraction of sp³-hybridized carbons (Fsp3) is 0.111. The molecular weight excluding hydrogens is 207 g/mol. The monoisotopic (exact) mass is 212 g/mol. The van der Waals surface area contributed by atoms with Crippen molar-refractivity contribution in [2.24, 2.45) is 0 Å². The molecule has 0 bridgehead atoms. The van der Waals surface area contributed by atoms with Gasteiger partial charge in [0.05, 0.1) is 0 Å². The van der Waals surface area contributed by atoms with E-state index in [9.17, 15) is 4.39 Å². The van der Waals surface area contributed by atoms with Crippen molar-refractivity contribution in [1.29, 1.82) is 0 Å². The number of hydrogen-bond donors (Lipinski definition) is 0. The fourth-order valence-corrected chi connectivity index (χ4v) is 1.20. The average molecular weight is 213 g/mol. The molecule has 0 amide bonds. The van der Waals surface area contributed by atoms with E-state index in [4.69, 9.17) is 6.42 Å². The maximum absolute atomic E-state index is 12.8. The molecule has 0 aliphatic carbocycles. The van der Waals surface area contributed by atoms with Gasteiger partial charge in [-0.25, -0.2) is 4.39 Å². The zero-order chi connectivity index (χ0) is 8.27. The molecular formula is C9H6BrF. The van der Waals surface area contributed by atoms with E-state index in [0.717, 1.165) is 4.47 Å². The first-order chi connectivity index (χ1) is 5.24. The van der Waals surface area contributed by atoms with Crippen molar-refractivity contribution >= 4 is 15.9 Å². The summed E-state index contributed by atoms with van der Waals surface area (Å²) in [7, 11) is 0. The lowest BCUT2D eigenvalue weighted by atomic mass is 10.1. The van der Waals surface area contributed by atoms with Crippen molar-refractivity contribution in [1.82, 2.24) is 0 Å². The minimum atomic E-state index is -0.244. The maximum atomic E-state index is 12.8. The van der Waals surface area contributed by atoms with E-state index in [1.54, 1.807) is 12.1 Å². The summed E-state index contributed by atoms with van der Waals surface area (Å²) in [6.45, 7) is 0. The zero-order valence-electron chi connectivity index (χ0n) is 5.77. The van der Waals surface area contributed by atoms with Crippen LogP contribution in [0.2, 0.25) is 0 Å². The molecule has 1 rings (SSSR count). The molecule has 1 aromatic carbocycles. The van der Waals surface area contributed by atoms with E-state index >= 15 is 0 Å². The van der Waals surface area contributed by atoms with Gasteiger partial charge in [0.15, 0.2) is 0 Å². The molecule has 0 spiro atoms. The second kappa shape index (κ2) is 3.54. The Morgan fingerprint density at radius 2 is 2.27 bits per heavy atom. The first-order valence-electron chi connectivity index (χ1n) is 3.11. The van der Waals surface area contributed by atoms with E-state index in [0.29, 0.717) is 12.0 Å². The molecule has 0 aromatic heterocycles. The Labute approximate surface area is 73.6 Å². The van der Waals surface area contributed by atoms with Gasteiger partial charge in [0.25, 0.3) is 0 Å². The Bertz CT molecular complexity index is 299. The second-order valence-electron chi connectivity index (χ2n) is 2.12. The van der Waals surface area contributed by atoms with E-state index < -0.39 is 0 Å². The molecule has 0 heterocycles. The number of rotatable bonds is 1. The van der Waals surface area contributed by atoms with Crippen molar-refractivity contribution < 1.29 is 4.39 Å². The minimum absolute atomic E-state index is 0.244. The van der Waals surface area contributed by atoms with Gasteiger partial charge in [-0.2, -0.15) is 0 Å². The molecule has 0 saturated carbocycles. The normalized spacial score (nSPS) is 9.18. The van der Waals surface area contributed by atoms with Gasteiger partial charge >= 0.3 is 0 Å². The van der Waals surface area contributed by atoms with Crippen molar-refractivity contribution in [2.45, 2.75) is 6.42 Å². The molecule has 11 heavy (non-hydrogen) atoms. The van der Waals surface area contributed by atoms with Crippen LogP contribution in [0.3, 0.4) is 0 Å². The van der Waals surface area contributed by atoms with Crippen LogP contribution in [0.25, 0.3) is 0 Å². The lowest BCUT2D eigenvalue weighted by Crippen LogP contribution is -1.87. The van der Waals surface area contributed by atoms with Gasteiger partial charge in [0, 0.05) is 16.5 Å². The van der Waals surface area contributed by atoms with Crippen molar-refractivity contribution in [2.75, 3.05) is 0 Å².